The molecule has 3 aliphatic rings. The lowest BCUT2D eigenvalue weighted by molar-refractivity contribution is 0.0139. The number of likely N-dealkylation sites (tertiary alicyclic amines) is 1. The second kappa shape index (κ2) is 7.14. The minimum absolute atomic E-state index is 0.0659. The van der Waals surface area contributed by atoms with Crippen LogP contribution in [0.5, 0.6) is 5.75 Å². The van der Waals surface area contributed by atoms with E-state index in [2.05, 4.69) is 13.8 Å². The van der Waals surface area contributed by atoms with Gasteiger partial charge in [-0.1, -0.05) is 20.3 Å². The van der Waals surface area contributed by atoms with Crippen molar-refractivity contribution in [3.63, 3.8) is 0 Å². The van der Waals surface area contributed by atoms with Crippen LogP contribution >= 0.6 is 0 Å². The van der Waals surface area contributed by atoms with Crippen molar-refractivity contribution in [2.75, 3.05) is 13.1 Å². The maximum Gasteiger partial charge on any atom is 0.289 e. The fraction of sp³-hybridized carbons (Fsp3) is 0.600. The summed E-state index contributed by atoms with van der Waals surface area (Å²) in [4.78, 5) is 28.5. The zero-order valence-electron chi connectivity index (χ0n) is 18.3. The third-order valence-corrected chi connectivity index (χ3v) is 7.26. The number of piperidine rings is 1. The van der Waals surface area contributed by atoms with E-state index in [9.17, 15) is 9.59 Å². The molecule has 2 fully saturated rings. The van der Waals surface area contributed by atoms with E-state index in [4.69, 9.17) is 9.15 Å². The summed E-state index contributed by atoms with van der Waals surface area (Å²) < 4.78 is 12.5. The van der Waals surface area contributed by atoms with E-state index >= 15 is 0 Å². The second-order valence-electron chi connectivity index (χ2n) is 9.97. The molecule has 1 aromatic heterocycles. The molecule has 1 amide bonds. The van der Waals surface area contributed by atoms with Crippen LogP contribution in [-0.4, -0.2) is 35.3 Å². The molecule has 0 bridgehead atoms. The first-order valence-electron chi connectivity index (χ1n) is 11.4. The van der Waals surface area contributed by atoms with Crippen molar-refractivity contribution in [2.24, 2.45) is 11.8 Å². The number of hydrogen-bond acceptors (Lipinski definition) is 4. The summed E-state index contributed by atoms with van der Waals surface area (Å²) >= 11 is 0. The van der Waals surface area contributed by atoms with Crippen molar-refractivity contribution < 1.29 is 18.7 Å². The van der Waals surface area contributed by atoms with Crippen LogP contribution in [0.2, 0.25) is 0 Å². The van der Waals surface area contributed by atoms with Gasteiger partial charge < -0.3 is 14.1 Å². The molecule has 1 aliphatic carbocycles. The number of aryl methyl sites for hydroxylation is 1. The van der Waals surface area contributed by atoms with Gasteiger partial charge in [-0.15, -0.1) is 0 Å². The number of nitrogens with zero attached hydrogens (tertiary/aromatic N) is 1. The van der Waals surface area contributed by atoms with Crippen LogP contribution in [0.1, 0.15) is 85.3 Å². The van der Waals surface area contributed by atoms with Gasteiger partial charge in [-0.3, -0.25) is 9.59 Å². The predicted molar refractivity (Wildman–Crippen MR) is 115 cm³/mol. The van der Waals surface area contributed by atoms with Gasteiger partial charge in [-0.05, 0) is 63.0 Å². The van der Waals surface area contributed by atoms with E-state index in [-0.39, 0.29) is 17.3 Å². The van der Waals surface area contributed by atoms with Crippen molar-refractivity contribution in [3.8, 4) is 5.75 Å². The molecular weight excluding hydrogens is 378 g/mol. The Bertz CT molecular complexity index is 1000. The van der Waals surface area contributed by atoms with Crippen LogP contribution in [0.4, 0.5) is 0 Å². The number of benzene rings is 1. The Labute approximate surface area is 177 Å². The van der Waals surface area contributed by atoms with Crippen molar-refractivity contribution >= 4 is 22.7 Å². The van der Waals surface area contributed by atoms with Crippen molar-refractivity contribution in [1.29, 1.82) is 0 Å². The maximum absolute atomic E-state index is 13.3. The van der Waals surface area contributed by atoms with Gasteiger partial charge in [0.15, 0.2) is 11.5 Å². The lowest BCUT2D eigenvalue weighted by Crippen LogP contribution is -2.43. The molecule has 30 heavy (non-hydrogen) atoms. The van der Waals surface area contributed by atoms with Gasteiger partial charge in [0.25, 0.3) is 5.91 Å². The van der Waals surface area contributed by atoms with Crippen molar-refractivity contribution in [3.05, 3.63) is 29.0 Å². The van der Waals surface area contributed by atoms with Gasteiger partial charge in [0.05, 0.1) is 12.0 Å². The van der Waals surface area contributed by atoms with Gasteiger partial charge in [0.2, 0.25) is 0 Å². The minimum Gasteiger partial charge on any atom is -0.486 e. The highest BCUT2D eigenvalue weighted by atomic mass is 16.5. The quantitative estimate of drug-likeness (QED) is 0.621. The van der Waals surface area contributed by atoms with Gasteiger partial charge in [0.1, 0.15) is 16.9 Å². The molecule has 0 radical (unpaired) electrons. The predicted octanol–water partition coefficient (Wildman–Crippen LogP) is 5.53. The smallest absolute Gasteiger partial charge is 0.289 e. The maximum atomic E-state index is 13.3. The van der Waals surface area contributed by atoms with Crippen LogP contribution in [0.15, 0.2) is 16.5 Å². The Hall–Kier alpha value is -2.30. The molecule has 0 N–H and O–H groups in total. The molecule has 160 valence electrons. The fourth-order valence-electron chi connectivity index (χ4n) is 5.99. The minimum atomic E-state index is -0.341. The number of amides is 1. The Morgan fingerprint density at radius 1 is 1.10 bits per heavy atom. The average Bonchev–Trinajstić information content (AvgIpc) is 3.03. The Balaban J connectivity index is 1.54. The average molecular weight is 410 g/mol. The SMILES string of the molecule is Cc1c(C(=O)N2C[C@H](C)C[C@@H](C)C2)oc2ccc3c(c12)C(=O)CC1(CCCCC1)O3. The van der Waals surface area contributed by atoms with Crippen LogP contribution in [-0.2, 0) is 0 Å². The molecule has 5 rings (SSSR count). The Kier molecular flexibility index (Phi) is 4.68. The van der Waals surface area contributed by atoms with E-state index in [0.717, 1.165) is 56.1 Å². The molecule has 1 saturated carbocycles. The summed E-state index contributed by atoms with van der Waals surface area (Å²) in [5.74, 6) is 2.04. The van der Waals surface area contributed by atoms with Crippen molar-refractivity contribution in [1.82, 2.24) is 4.90 Å². The molecule has 1 spiro atoms. The summed E-state index contributed by atoms with van der Waals surface area (Å²) in [6.45, 7) is 7.78. The van der Waals surface area contributed by atoms with Gasteiger partial charge in [0, 0.05) is 24.0 Å². The number of hydrogen-bond donors (Lipinski definition) is 0. The molecule has 2 aliphatic heterocycles. The van der Waals surface area contributed by atoms with E-state index < -0.39 is 0 Å². The highest BCUT2D eigenvalue weighted by molar-refractivity contribution is 6.13. The first kappa shape index (κ1) is 19.7. The fourth-order valence-corrected chi connectivity index (χ4v) is 5.99. The zero-order chi connectivity index (χ0) is 21.0. The standard InChI is InChI=1S/C25H31NO4/c1-15-11-16(2)14-26(13-15)24(28)23-17(3)21-19(29-23)7-8-20-22(21)18(27)12-25(30-20)9-5-4-6-10-25/h7-8,15-16H,4-6,9-14H2,1-3H3/t15-,16-/m1/s1. The van der Waals surface area contributed by atoms with E-state index in [1.807, 2.05) is 24.0 Å². The van der Waals surface area contributed by atoms with E-state index in [0.29, 0.717) is 40.9 Å². The van der Waals surface area contributed by atoms with Crippen LogP contribution in [0.3, 0.4) is 0 Å². The number of fused-ring (bicyclic) bond motifs is 3. The molecule has 2 atom stereocenters. The molecule has 0 unspecified atom stereocenters. The molecular formula is C25H31NO4. The number of carbonyl (C=O) groups excluding carboxylic acids is 2. The van der Waals surface area contributed by atoms with E-state index in [1.165, 1.54) is 6.42 Å². The third-order valence-electron chi connectivity index (χ3n) is 7.26. The lowest BCUT2D eigenvalue weighted by atomic mass is 9.78. The number of ether oxygens (including phenoxy) is 1. The van der Waals surface area contributed by atoms with Crippen molar-refractivity contribution in [2.45, 2.75) is 71.3 Å². The number of rotatable bonds is 1. The van der Waals surface area contributed by atoms with Crippen LogP contribution in [0.25, 0.3) is 11.0 Å². The summed E-state index contributed by atoms with van der Waals surface area (Å²) in [5, 5.41) is 0.754. The monoisotopic (exact) mass is 409 g/mol. The molecule has 1 saturated heterocycles. The van der Waals surface area contributed by atoms with Gasteiger partial charge in [-0.25, -0.2) is 0 Å². The lowest BCUT2D eigenvalue weighted by Gasteiger charge is -2.40. The molecule has 5 nitrogen and oxygen atoms in total. The Morgan fingerprint density at radius 2 is 1.80 bits per heavy atom. The number of carbonyl (C=O) groups is 2. The first-order valence-corrected chi connectivity index (χ1v) is 11.4. The first-order chi connectivity index (χ1) is 14.4. The van der Waals surface area contributed by atoms with Gasteiger partial charge in [-0.2, -0.15) is 0 Å². The second-order valence-corrected chi connectivity index (χ2v) is 9.97. The Morgan fingerprint density at radius 3 is 2.50 bits per heavy atom. The summed E-state index contributed by atoms with van der Waals surface area (Å²) in [6, 6.07) is 3.71. The number of Topliss-reactive ketones (excluding diaryl/α,β-unsaturated/α-hetero) is 1. The van der Waals surface area contributed by atoms with Gasteiger partial charge >= 0.3 is 0 Å². The summed E-state index contributed by atoms with van der Waals surface area (Å²) in [7, 11) is 0. The molecule has 5 heteroatoms. The highest BCUT2D eigenvalue weighted by Gasteiger charge is 2.43. The topological polar surface area (TPSA) is 59.8 Å². The third kappa shape index (κ3) is 3.14. The molecule has 3 heterocycles. The summed E-state index contributed by atoms with van der Waals surface area (Å²) in [5.41, 5.74) is 1.62. The molecule has 1 aromatic carbocycles. The highest BCUT2D eigenvalue weighted by Crippen LogP contribution is 2.45. The number of ketones is 1. The zero-order valence-corrected chi connectivity index (χ0v) is 18.3. The van der Waals surface area contributed by atoms with Crippen LogP contribution in [0, 0.1) is 18.8 Å². The largest absolute Gasteiger partial charge is 0.486 e. The molecule has 2 aromatic rings. The summed E-state index contributed by atoms with van der Waals surface area (Å²) in [6.07, 6.45) is 6.89. The number of furan rings is 1. The van der Waals surface area contributed by atoms with Crippen LogP contribution < -0.4 is 4.74 Å². The normalized spacial score (nSPS) is 26.0. The van der Waals surface area contributed by atoms with E-state index in [1.54, 1.807) is 0 Å².